The molecular weight excluding hydrogens is 274 g/mol. The van der Waals surface area contributed by atoms with Gasteiger partial charge < -0.3 is 9.47 Å². The zero-order chi connectivity index (χ0) is 13.9. The van der Waals surface area contributed by atoms with Gasteiger partial charge in [0.05, 0.1) is 17.4 Å². The zero-order valence-electron chi connectivity index (χ0n) is 11.5. The van der Waals surface area contributed by atoms with Crippen LogP contribution >= 0.6 is 11.6 Å². The highest BCUT2D eigenvalue weighted by molar-refractivity contribution is 6.30. The van der Waals surface area contributed by atoms with Crippen LogP contribution in [0.25, 0.3) is 0 Å². The maximum absolute atomic E-state index is 5.84. The van der Waals surface area contributed by atoms with E-state index in [9.17, 15) is 0 Å². The predicted octanol–water partition coefficient (Wildman–Crippen LogP) is 2.55. The second kappa shape index (κ2) is 5.79. The van der Waals surface area contributed by atoms with Crippen LogP contribution in [0.1, 0.15) is 18.7 Å². The van der Waals surface area contributed by atoms with Crippen LogP contribution in [0.2, 0.25) is 5.02 Å². The van der Waals surface area contributed by atoms with E-state index in [0.717, 1.165) is 31.4 Å². The van der Waals surface area contributed by atoms with E-state index in [1.807, 2.05) is 19.3 Å². The first kappa shape index (κ1) is 13.4. The first-order valence-corrected chi connectivity index (χ1v) is 7.30. The monoisotopic (exact) mass is 291 g/mol. The molecular formula is C14H18ClN5. The molecule has 1 atom stereocenters. The molecule has 0 radical (unpaired) electrons. The number of imidazole rings is 1. The van der Waals surface area contributed by atoms with Gasteiger partial charge in [0.1, 0.15) is 5.82 Å². The van der Waals surface area contributed by atoms with Crippen molar-refractivity contribution in [3.63, 3.8) is 0 Å². The third kappa shape index (κ3) is 2.93. The van der Waals surface area contributed by atoms with Crippen LogP contribution in [0.15, 0.2) is 24.8 Å². The summed E-state index contributed by atoms with van der Waals surface area (Å²) < 4.78 is 2.22. The third-order valence-electron chi connectivity index (χ3n) is 3.79. The highest BCUT2D eigenvalue weighted by Crippen LogP contribution is 2.22. The number of hydrogen-bond donors (Lipinski definition) is 0. The molecule has 0 amide bonds. The molecule has 2 aromatic rings. The topological polar surface area (TPSA) is 46.8 Å². The molecule has 6 heteroatoms. The summed E-state index contributed by atoms with van der Waals surface area (Å²) in [5, 5.41) is 0.580. The smallest absolute Gasteiger partial charge is 0.225 e. The van der Waals surface area contributed by atoms with Crippen molar-refractivity contribution in [2.75, 3.05) is 18.0 Å². The summed E-state index contributed by atoms with van der Waals surface area (Å²) in [7, 11) is 0. The van der Waals surface area contributed by atoms with Gasteiger partial charge in [-0.3, -0.25) is 0 Å². The van der Waals surface area contributed by atoms with E-state index in [1.54, 1.807) is 12.4 Å². The summed E-state index contributed by atoms with van der Waals surface area (Å²) >= 11 is 5.84. The zero-order valence-corrected chi connectivity index (χ0v) is 12.3. The van der Waals surface area contributed by atoms with Crippen LogP contribution in [-0.2, 0) is 6.54 Å². The van der Waals surface area contributed by atoms with Crippen molar-refractivity contribution >= 4 is 17.5 Å². The average molecular weight is 292 g/mol. The summed E-state index contributed by atoms with van der Waals surface area (Å²) in [4.78, 5) is 15.2. The van der Waals surface area contributed by atoms with E-state index >= 15 is 0 Å². The second-order valence-corrected chi connectivity index (χ2v) is 5.72. The fourth-order valence-electron chi connectivity index (χ4n) is 2.74. The summed E-state index contributed by atoms with van der Waals surface area (Å²) in [5.41, 5.74) is 0. The molecule has 1 aliphatic rings. The normalized spacial score (nSPS) is 19.3. The number of hydrogen-bond acceptors (Lipinski definition) is 4. The van der Waals surface area contributed by atoms with Crippen LogP contribution in [0.3, 0.4) is 0 Å². The Balaban J connectivity index is 1.67. The van der Waals surface area contributed by atoms with E-state index in [4.69, 9.17) is 11.6 Å². The van der Waals surface area contributed by atoms with Crippen molar-refractivity contribution in [1.29, 1.82) is 0 Å². The Labute approximate surface area is 123 Å². The number of aryl methyl sites for hydroxylation is 1. The summed E-state index contributed by atoms with van der Waals surface area (Å²) in [5.74, 6) is 2.46. The molecule has 3 heterocycles. The Morgan fingerprint density at radius 3 is 2.80 bits per heavy atom. The minimum absolute atomic E-state index is 0.580. The molecule has 0 N–H and O–H groups in total. The number of aromatic nitrogens is 4. The molecule has 0 aromatic carbocycles. The van der Waals surface area contributed by atoms with Gasteiger partial charge in [-0.15, -0.1) is 0 Å². The number of piperidine rings is 1. The Morgan fingerprint density at radius 2 is 2.10 bits per heavy atom. The van der Waals surface area contributed by atoms with E-state index in [0.29, 0.717) is 10.9 Å². The van der Waals surface area contributed by atoms with Gasteiger partial charge in [0.25, 0.3) is 0 Å². The van der Waals surface area contributed by atoms with Crippen LogP contribution in [0, 0.1) is 12.8 Å². The fourth-order valence-corrected chi connectivity index (χ4v) is 2.84. The first-order valence-electron chi connectivity index (χ1n) is 6.92. The van der Waals surface area contributed by atoms with Gasteiger partial charge in [-0.1, -0.05) is 11.6 Å². The average Bonchev–Trinajstić information content (AvgIpc) is 2.85. The summed E-state index contributed by atoms with van der Waals surface area (Å²) in [6.45, 7) is 5.05. The summed E-state index contributed by atoms with van der Waals surface area (Å²) in [6, 6.07) is 0. The molecule has 1 saturated heterocycles. The molecule has 106 valence electrons. The molecule has 2 aromatic heterocycles. The Hall–Kier alpha value is -1.62. The standard InChI is InChI=1S/C14H18ClN5/c1-11-16-4-6-19(11)9-12-3-2-5-20(10-12)14-17-7-13(15)8-18-14/h4,6-8,12H,2-3,5,9-10H2,1H3/t12-/m0/s1. The minimum Gasteiger partial charge on any atom is -0.340 e. The largest absolute Gasteiger partial charge is 0.340 e. The van der Waals surface area contributed by atoms with Crippen LogP contribution in [0.5, 0.6) is 0 Å². The molecule has 0 aliphatic carbocycles. The maximum Gasteiger partial charge on any atom is 0.225 e. The van der Waals surface area contributed by atoms with Crippen LogP contribution in [0.4, 0.5) is 5.95 Å². The molecule has 0 bridgehead atoms. The van der Waals surface area contributed by atoms with Gasteiger partial charge in [-0.25, -0.2) is 15.0 Å². The quantitative estimate of drug-likeness (QED) is 0.872. The van der Waals surface area contributed by atoms with Crippen LogP contribution in [-0.4, -0.2) is 32.6 Å². The third-order valence-corrected chi connectivity index (χ3v) is 3.98. The lowest BCUT2D eigenvalue weighted by atomic mass is 9.98. The number of nitrogens with zero attached hydrogens (tertiary/aromatic N) is 5. The van der Waals surface area contributed by atoms with E-state index in [1.165, 1.54) is 12.8 Å². The van der Waals surface area contributed by atoms with E-state index < -0.39 is 0 Å². The first-order chi connectivity index (χ1) is 9.72. The van der Waals surface area contributed by atoms with Crippen molar-refractivity contribution in [1.82, 2.24) is 19.5 Å². The second-order valence-electron chi connectivity index (χ2n) is 5.28. The summed E-state index contributed by atoms with van der Waals surface area (Å²) in [6.07, 6.45) is 9.64. The number of rotatable bonds is 3. The lowest BCUT2D eigenvalue weighted by molar-refractivity contribution is 0.361. The van der Waals surface area contributed by atoms with Crippen LogP contribution < -0.4 is 4.90 Å². The lowest BCUT2D eigenvalue weighted by Crippen LogP contribution is -2.38. The number of anilines is 1. The Bertz CT molecular complexity index is 565. The van der Waals surface area contributed by atoms with Gasteiger partial charge in [0, 0.05) is 32.0 Å². The fraction of sp³-hybridized carbons (Fsp3) is 0.500. The Morgan fingerprint density at radius 1 is 1.30 bits per heavy atom. The molecule has 0 unspecified atom stereocenters. The van der Waals surface area contributed by atoms with Crippen molar-refractivity contribution in [2.45, 2.75) is 26.3 Å². The van der Waals surface area contributed by atoms with Crippen molar-refractivity contribution in [3.8, 4) is 0 Å². The minimum atomic E-state index is 0.580. The molecule has 1 fully saturated rings. The Kier molecular flexibility index (Phi) is 3.87. The predicted molar refractivity (Wildman–Crippen MR) is 78.9 cm³/mol. The maximum atomic E-state index is 5.84. The lowest BCUT2D eigenvalue weighted by Gasteiger charge is -2.33. The van der Waals surface area contributed by atoms with E-state index in [-0.39, 0.29) is 0 Å². The van der Waals surface area contributed by atoms with Gasteiger partial charge >= 0.3 is 0 Å². The highest BCUT2D eigenvalue weighted by Gasteiger charge is 2.22. The van der Waals surface area contributed by atoms with Gasteiger partial charge in [0.2, 0.25) is 5.95 Å². The van der Waals surface area contributed by atoms with Crippen molar-refractivity contribution in [2.24, 2.45) is 5.92 Å². The van der Waals surface area contributed by atoms with Crippen molar-refractivity contribution in [3.05, 3.63) is 35.6 Å². The molecule has 3 rings (SSSR count). The number of halogens is 1. The highest BCUT2D eigenvalue weighted by atomic mass is 35.5. The van der Waals surface area contributed by atoms with E-state index in [2.05, 4.69) is 24.4 Å². The molecule has 1 aliphatic heterocycles. The molecule has 0 saturated carbocycles. The molecule has 5 nitrogen and oxygen atoms in total. The molecule has 0 spiro atoms. The van der Waals surface area contributed by atoms with Crippen molar-refractivity contribution < 1.29 is 0 Å². The SMILES string of the molecule is Cc1nccn1C[C@@H]1CCCN(c2ncc(Cl)cn2)C1. The molecule has 20 heavy (non-hydrogen) atoms. The van der Waals surface area contributed by atoms with Gasteiger partial charge in [0.15, 0.2) is 0 Å². The van der Waals surface area contributed by atoms with Gasteiger partial charge in [-0.05, 0) is 25.7 Å². The van der Waals surface area contributed by atoms with Gasteiger partial charge in [-0.2, -0.15) is 0 Å².